The largest absolute Gasteiger partial charge is 0.417 e. The van der Waals surface area contributed by atoms with Gasteiger partial charge in [-0.25, -0.2) is 4.79 Å². The van der Waals surface area contributed by atoms with Crippen molar-refractivity contribution in [1.29, 1.82) is 0 Å². The van der Waals surface area contributed by atoms with Crippen molar-refractivity contribution in [3.8, 4) is 11.1 Å². The number of para-hydroxylation sites is 1. The maximum Gasteiger partial charge on any atom is 0.417 e. The van der Waals surface area contributed by atoms with Crippen molar-refractivity contribution < 1.29 is 22.5 Å². The lowest BCUT2D eigenvalue weighted by molar-refractivity contribution is -0.137. The molecule has 2 amide bonds. The normalized spacial score (nSPS) is 14.9. The van der Waals surface area contributed by atoms with Gasteiger partial charge in [-0.3, -0.25) is 10.2 Å². The van der Waals surface area contributed by atoms with Crippen LogP contribution in [0.25, 0.3) is 22.1 Å². The van der Waals surface area contributed by atoms with E-state index >= 15 is 0 Å². The molecule has 180 valence electrons. The number of carbonyl (C=O) groups is 1. The lowest BCUT2D eigenvalue weighted by Gasteiger charge is -2.34. The van der Waals surface area contributed by atoms with Crippen LogP contribution in [0.5, 0.6) is 0 Å². The molecule has 4 aromatic rings. The van der Waals surface area contributed by atoms with Crippen molar-refractivity contribution in [2.75, 3.05) is 31.5 Å². The molecule has 1 aliphatic rings. The van der Waals surface area contributed by atoms with Gasteiger partial charge in [-0.2, -0.15) is 13.2 Å². The Morgan fingerprint density at radius 2 is 1.69 bits per heavy atom. The molecule has 0 spiro atoms. The number of aromatic nitrogens is 1. The molecule has 1 fully saturated rings. The van der Waals surface area contributed by atoms with Gasteiger partial charge >= 0.3 is 12.2 Å². The van der Waals surface area contributed by atoms with E-state index in [4.69, 9.17) is 4.52 Å². The summed E-state index contributed by atoms with van der Waals surface area (Å²) >= 11 is 0. The minimum Gasteiger partial charge on any atom is -0.354 e. The van der Waals surface area contributed by atoms with Gasteiger partial charge in [0.2, 0.25) is 0 Å². The van der Waals surface area contributed by atoms with Crippen LogP contribution in [0.2, 0.25) is 0 Å². The zero-order valence-electron chi connectivity index (χ0n) is 18.8. The summed E-state index contributed by atoms with van der Waals surface area (Å²) in [5, 5.41) is 7.50. The minimum absolute atomic E-state index is 0.170. The van der Waals surface area contributed by atoms with Gasteiger partial charge in [0, 0.05) is 32.7 Å². The third-order valence-corrected chi connectivity index (χ3v) is 6.14. The van der Waals surface area contributed by atoms with Crippen LogP contribution in [0.4, 0.5) is 23.8 Å². The van der Waals surface area contributed by atoms with Gasteiger partial charge < -0.3 is 9.42 Å². The van der Waals surface area contributed by atoms with Gasteiger partial charge in [-0.15, -0.1) is 0 Å². The lowest BCUT2D eigenvalue weighted by atomic mass is 9.97. The molecule has 0 atom stereocenters. The van der Waals surface area contributed by atoms with Crippen molar-refractivity contribution in [2.45, 2.75) is 12.7 Å². The van der Waals surface area contributed by atoms with E-state index < -0.39 is 11.7 Å². The van der Waals surface area contributed by atoms with Crippen LogP contribution >= 0.6 is 0 Å². The Morgan fingerprint density at radius 3 is 2.49 bits per heavy atom. The summed E-state index contributed by atoms with van der Waals surface area (Å²) < 4.78 is 45.6. The summed E-state index contributed by atoms with van der Waals surface area (Å²) in [6.07, 6.45) is -4.41. The standard InChI is InChI=1S/C26H23F3N4O2/c27-26(28,29)22-10-3-1-8-20(22)19-7-5-6-18(16-19)17-32-12-14-33(15-13-32)25(34)30-24-21-9-2-4-11-23(21)35-31-24/h1-11,16H,12-15,17H2,(H,30,31,34). The lowest BCUT2D eigenvalue weighted by Crippen LogP contribution is -2.49. The third-order valence-electron chi connectivity index (χ3n) is 6.14. The highest BCUT2D eigenvalue weighted by atomic mass is 19.4. The Hall–Kier alpha value is -3.85. The number of hydrogen-bond donors (Lipinski definition) is 1. The molecule has 1 saturated heterocycles. The molecule has 6 nitrogen and oxygen atoms in total. The number of alkyl halides is 3. The van der Waals surface area contributed by atoms with Gasteiger partial charge in [-0.1, -0.05) is 53.7 Å². The summed E-state index contributed by atoms with van der Waals surface area (Å²) in [4.78, 5) is 16.6. The van der Waals surface area contributed by atoms with E-state index in [1.165, 1.54) is 12.1 Å². The van der Waals surface area contributed by atoms with E-state index in [1.807, 2.05) is 24.3 Å². The first-order chi connectivity index (χ1) is 16.9. The summed E-state index contributed by atoms with van der Waals surface area (Å²) in [5.41, 5.74) is 1.59. The number of rotatable bonds is 4. The smallest absolute Gasteiger partial charge is 0.354 e. The first kappa shape index (κ1) is 22.9. The van der Waals surface area contributed by atoms with E-state index in [9.17, 15) is 18.0 Å². The summed E-state index contributed by atoms with van der Waals surface area (Å²) in [5.74, 6) is 0.393. The van der Waals surface area contributed by atoms with Crippen molar-refractivity contribution in [2.24, 2.45) is 0 Å². The SMILES string of the molecule is O=C(Nc1noc2ccccc12)N1CCN(Cc2cccc(-c3ccccc3C(F)(F)F)c2)CC1. The fraction of sp³-hybridized carbons (Fsp3) is 0.231. The number of hydrogen-bond acceptors (Lipinski definition) is 4. The van der Waals surface area contributed by atoms with Crippen LogP contribution < -0.4 is 5.32 Å². The number of urea groups is 1. The van der Waals surface area contributed by atoms with Crippen molar-refractivity contribution in [3.05, 3.63) is 83.9 Å². The zero-order valence-corrected chi connectivity index (χ0v) is 18.8. The van der Waals surface area contributed by atoms with E-state index in [0.717, 1.165) is 17.0 Å². The minimum atomic E-state index is -4.41. The Labute approximate surface area is 199 Å². The second kappa shape index (κ2) is 9.42. The molecule has 5 rings (SSSR count). The molecule has 0 aliphatic carbocycles. The van der Waals surface area contributed by atoms with Gasteiger partial charge in [0.1, 0.15) is 0 Å². The number of amides is 2. The van der Waals surface area contributed by atoms with Crippen molar-refractivity contribution >= 4 is 22.8 Å². The predicted molar refractivity (Wildman–Crippen MR) is 127 cm³/mol. The number of nitrogens with one attached hydrogen (secondary N) is 1. The summed E-state index contributed by atoms with van der Waals surface area (Å²) in [6.45, 7) is 2.94. The quantitative estimate of drug-likeness (QED) is 0.397. The second-order valence-electron chi connectivity index (χ2n) is 8.46. The Kier molecular flexibility index (Phi) is 6.17. The molecule has 2 heterocycles. The van der Waals surface area contributed by atoms with Crippen LogP contribution in [0.15, 0.2) is 77.3 Å². The third kappa shape index (κ3) is 5.00. The van der Waals surface area contributed by atoms with E-state index in [0.29, 0.717) is 49.7 Å². The van der Waals surface area contributed by atoms with Gasteiger partial charge in [0.25, 0.3) is 0 Å². The summed E-state index contributed by atoms with van der Waals surface area (Å²) in [6, 6.07) is 19.9. The molecule has 0 radical (unpaired) electrons. The van der Waals surface area contributed by atoms with Crippen molar-refractivity contribution in [3.63, 3.8) is 0 Å². The fourth-order valence-corrected chi connectivity index (χ4v) is 4.34. The summed E-state index contributed by atoms with van der Waals surface area (Å²) in [7, 11) is 0. The number of nitrogens with zero attached hydrogens (tertiary/aromatic N) is 3. The van der Waals surface area contributed by atoms with Gasteiger partial charge in [0.05, 0.1) is 10.9 Å². The molecule has 3 aromatic carbocycles. The van der Waals surface area contributed by atoms with Crippen LogP contribution in [-0.4, -0.2) is 47.2 Å². The number of halogens is 3. The molecule has 0 bridgehead atoms. The van der Waals surface area contributed by atoms with E-state index in [2.05, 4.69) is 15.4 Å². The monoisotopic (exact) mass is 480 g/mol. The molecule has 1 aromatic heterocycles. The molecule has 1 N–H and O–H groups in total. The molecule has 0 saturated carbocycles. The Balaban J connectivity index is 1.21. The maximum absolute atomic E-state index is 13.5. The van der Waals surface area contributed by atoms with Crippen LogP contribution in [0.3, 0.4) is 0 Å². The molecule has 9 heteroatoms. The highest BCUT2D eigenvalue weighted by molar-refractivity contribution is 5.98. The van der Waals surface area contributed by atoms with Crippen LogP contribution in [0.1, 0.15) is 11.1 Å². The van der Waals surface area contributed by atoms with Crippen LogP contribution in [-0.2, 0) is 12.7 Å². The Bertz CT molecular complexity index is 1340. The zero-order chi connectivity index (χ0) is 24.4. The number of piperazine rings is 1. The first-order valence-electron chi connectivity index (χ1n) is 11.3. The molecular weight excluding hydrogens is 457 g/mol. The molecule has 1 aliphatic heterocycles. The topological polar surface area (TPSA) is 61.6 Å². The fourth-order valence-electron chi connectivity index (χ4n) is 4.34. The maximum atomic E-state index is 13.5. The molecular formula is C26H23F3N4O2. The first-order valence-corrected chi connectivity index (χ1v) is 11.3. The average molecular weight is 480 g/mol. The highest BCUT2D eigenvalue weighted by Crippen LogP contribution is 2.37. The van der Waals surface area contributed by atoms with Gasteiger partial charge in [-0.05, 0) is 41.0 Å². The van der Waals surface area contributed by atoms with Crippen molar-refractivity contribution in [1.82, 2.24) is 15.0 Å². The number of anilines is 1. The van der Waals surface area contributed by atoms with Gasteiger partial charge in [0.15, 0.2) is 11.4 Å². The second-order valence-corrected chi connectivity index (χ2v) is 8.46. The van der Waals surface area contributed by atoms with E-state index in [-0.39, 0.29) is 11.6 Å². The number of fused-ring (bicyclic) bond motifs is 1. The number of benzene rings is 3. The highest BCUT2D eigenvalue weighted by Gasteiger charge is 2.33. The average Bonchev–Trinajstić information content (AvgIpc) is 3.27. The number of carbonyl (C=O) groups excluding carboxylic acids is 1. The molecule has 35 heavy (non-hydrogen) atoms. The van der Waals surface area contributed by atoms with E-state index in [1.54, 1.807) is 35.2 Å². The van der Waals surface area contributed by atoms with Crippen LogP contribution in [0, 0.1) is 0 Å². The molecule has 0 unspecified atom stereocenters. The predicted octanol–water partition coefficient (Wildman–Crippen LogP) is 5.86. The Morgan fingerprint density at radius 1 is 0.943 bits per heavy atom.